The minimum Gasteiger partial charge on any atom is -0.497 e. The Morgan fingerprint density at radius 2 is 1.19 bits per heavy atom. The number of aromatic nitrogens is 1. The average molecular weight is 338 g/mol. The quantitative estimate of drug-likeness (QED) is 0.460. The minimum atomic E-state index is 0.872. The van der Waals surface area contributed by atoms with Crippen molar-refractivity contribution in [3.8, 4) is 33.7 Å². The van der Waals surface area contributed by atoms with Crippen molar-refractivity contribution >= 4 is 0 Å². The maximum atomic E-state index is 5.23. The fraction of sp³-hybridized carbons (Fsp3) is 0.0417. The van der Waals surface area contributed by atoms with Gasteiger partial charge >= 0.3 is 0 Å². The first-order valence-corrected chi connectivity index (χ1v) is 8.66. The first-order valence-electron chi connectivity index (χ1n) is 8.66. The molecule has 0 atom stereocenters. The number of hydrogen-bond donors (Lipinski definition) is 0. The molecule has 0 aliphatic rings. The van der Waals surface area contributed by atoms with E-state index in [2.05, 4.69) is 89.8 Å². The molecule has 0 unspecified atom stereocenters. The fourth-order valence-electron chi connectivity index (χ4n) is 3.12. The monoisotopic (exact) mass is 338 g/mol. The van der Waals surface area contributed by atoms with Crippen LogP contribution in [0.4, 0.5) is 0 Å². The van der Waals surface area contributed by atoms with E-state index >= 15 is 0 Å². The second-order valence-corrected chi connectivity index (χ2v) is 6.11. The lowest BCUT2D eigenvalue weighted by atomic mass is 10.0. The van der Waals surface area contributed by atoms with Gasteiger partial charge in [-0.05, 0) is 34.9 Å². The number of ether oxygens (including phenoxy) is 1. The zero-order chi connectivity index (χ0) is 17.8. The van der Waals surface area contributed by atoms with Gasteiger partial charge in [0, 0.05) is 18.2 Å². The number of nitrogens with zero attached hydrogens (tertiary/aromatic N) is 1. The third-order valence-electron chi connectivity index (χ3n) is 4.52. The maximum absolute atomic E-state index is 5.23. The number of benzene rings is 3. The van der Waals surface area contributed by atoms with E-state index in [1.54, 1.807) is 7.11 Å². The molecule has 3 aromatic carbocycles. The van der Waals surface area contributed by atoms with Crippen molar-refractivity contribution < 1.29 is 9.30 Å². The normalized spacial score (nSPS) is 10.5. The molecule has 0 spiro atoms. The molecule has 2 nitrogen and oxygen atoms in total. The predicted molar refractivity (Wildman–Crippen MR) is 105 cm³/mol. The summed E-state index contributed by atoms with van der Waals surface area (Å²) >= 11 is 0. The second-order valence-electron chi connectivity index (χ2n) is 6.11. The van der Waals surface area contributed by atoms with Crippen LogP contribution in [0.5, 0.6) is 5.75 Å². The maximum Gasteiger partial charge on any atom is 0.218 e. The Balaban J connectivity index is 1.69. The summed E-state index contributed by atoms with van der Waals surface area (Å²) < 4.78 is 7.40. The summed E-state index contributed by atoms with van der Waals surface area (Å²) in [5.41, 5.74) is 5.96. The van der Waals surface area contributed by atoms with Gasteiger partial charge in [-0.1, -0.05) is 54.6 Å². The van der Waals surface area contributed by atoms with Crippen molar-refractivity contribution in [2.45, 2.75) is 0 Å². The molecule has 0 aliphatic carbocycles. The van der Waals surface area contributed by atoms with Crippen LogP contribution in [0.3, 0.4) is 0 Å². The highest BCUT2D eigenvalue weighted by Gasteiger charge is 2.13. The van der Waals surface area contributed by atoms with Crippen molar-refractivity contribution in [3.05, 3.63) is 103 Å². The molecule has 4 rings (SSSR count). The summed E-state index contributed by atoms with van der Waals surface area (Å²) in [6.45, 7) is 0. The number of para-hydroxylation sites is 1. The highest BCUT2D eigenvalue weighted by molar-refractivity contribution is 5.70. The van der Waals surface area contributed by atoms with E-state index in [1.807, 2.05) is 18.2 Å². The molecule has 126 valence electrons. The van der Waals surface area contributed by atoms with Crippen LogP contribution in [0, 0.1) is 0 Å². The van der Waals surface area contributed by atoms with E-state index in [1.165, 1.54) is 27.9 Å². The van der Waals surface area contributed by atoms with Crippen molar-refractivity contribution in [2.75, 3.05) is 7.11 Å². The summed E-state index contributed by atoms with van der Waals surface area (Å²) in [6.07, 6.45) is 4.22. The van der Waals surface area contributed by atoms with E-state index in [4.69, 9.17) is 4.74 Å². The number of rotatable bonds is 4. The lowest BCUT2D eigenvalue weighted by molar-refractivity contribution is -0.595. The molecule has 0 saturated carbocycles. The van der Waals surface area contributed by atoms with Crippen LogP contribution in [0.1, 0.15) is 0 Å². The average Bonchev–Trinajstić information content (AvgIpc) is 2.75. The smallest absolute Gasteiger partial charge is 0.218 e. The van der Waals surface area contributed by atoms with E-state index in [0.717, 1.165) is 5.75 Å². The molecule has 0 bridgehead atoms. The standard InChI is InChI=1S/C24H20NO/c1-26-22-13-11-19(12-14-22)20-15-17-25(18-16-20)24-10-6-5-9-23(24)21-7-3-2-4-8-21/h2-18H,1H3/q+1. The Labute approximate surface area is 154 Å². The van der Waals surface area contributed by atoms with Crippen LogP contribution in [-0.2, 0) is 0 Å². The van der Waals surface area contributed by atoms with E-state index in [-0.39, 0.29) is 0 Å². The Morgan fingerprint density at radius 3 is 1.88 bits per heavy atom. The van der Waals surface area contributed by atoms with Crippen molar-refractivity contribution in [1.29, 1.82) is 0 Å². The van der Waals surface area contributed by atoms with E-state index in [0.29, 0.717) is 0 Å². The van der Waals surface area contributed by atoms with Gasteiger partial charge in [-0.3, -0.25) is 0 Å². The molecule has 0 aliphatic heterocycles. The SMILES string of the molecule is COc1ccc(-c2cc[n+](-c3ccccc3-c3ccccc3)cc2)cc1. The fourth-order valence-corrected chi connectivity index (χ4v) is 3.12. The van der Waals surface area contributed by atoms with Crippen molar-refractivity contribution in [2.24, 2.45) is 0 Å². The van der Waals surface area contributed by atoms with Crippen LogP contribution in [0.15, 0.2) is 103 Å². The van der Waals surface area contributed by atoms with Crippen LogP contribution < -0.4 is 9.30 Å². The molecular weight excluding hydrogens is 318 g/mol. The Bertz CT molecular complexity index is 990. The molecule has 26 heavy (non-hydrogen) atoms. The summed E-state index contributed by atoms with van der Waals surface area (Å²) in [5, 5.41) is 0. The first-order chi connectivity index (χ1) is 12.8. The van der Waals surface area contributed by atoms with Gasteiger partial charge in [0.1, 0.15) is 5.75 Å². The summed E-state index contributed by atoms with van der Waals surface area (Å²) in [6, 6.07) is 31.4. The lowest BCUT2D eigenvalue weighted by Gasteiger charge is -2.06. The van der Waals surface area contributed by atoms with Gasteiger partial charge in [0.15, 0.2) is 12.4 Å². The van der Waals surface area contributed by atoms with Crippen LogP contribution in [-0.4, -0.2) is 7.11 Å². The third kappa shape index (κ3) is 3.22. The van der Waals surface area contributed by atoms with Gasteiger partial charge in [-0.2, -0.15) is 4.57 Å². The van der Waals surface area contributed by atoms with Gasteiger partial charge in [-0.25, -0.2) is 0 Å². The first kappa shape index (κ1) is 16.1. The molecule has 2 heteroatoms. The van der Waals surface area contributed by atoms with E-state index in [9.17, 15) is 0 Å². The van der Waals surface area contributed by atoms with Gasteiger partial charge in [0.25, 0.3) is 0 Å². The Kier molecular flexibility index (Phi) is 4.48. The molecule has 0 N–H and O–H groups in total. The number of methoxy groups -OCH3 is 1. The Morgan fingerprint density at radius 1 is 0.577 bits per heavy atom. The molecule has 1 aromatic heterocycles. The summed E-state index contributed by atoms with van der Waals surface area (Å²) in [5.74, 6) is 0.872. The van der Waals surface area contributed by atoms with Crippen molar-refractivity contribution in [1.82, 2.24) is 0 Å². The Hall–Kier alpha value is -3.39. The molecule has 0 radical (unpaired) electrons. The third-order valence-corrected chi connectivity index (χ3v) is 4.52. The predicted octanol–water partition coefficient (Wildman–Crippen LogP) is 5.31. The van der Waals surface area contributed by atoms with Crippen LogP contribution in [0.2, 0.25) is 0 Å². The van der Waals surface area contributed by atoms with E-state index < -0.39 is 0 Å². The van der Waals surface area contributed by atoms with Gasteiger partial charge in [0.05, 0.1) is 12.7 Å². The molecule has 0 fully saturated rings. The van der Waals surface area contributed by atoms with Gasteiger partial charge in [0.2, 0.25) is 5.69 Å². The highest BCUT2D eigenvalue weighted by Crippen LogP contribution is 2.24. The van der Waals surface area contributed by atoms with Gasteiger partial charge in [-0.15, -0.1) is 0 Å². The molecule has 0 amide bonds. The zero-order valence-electron chi connectivity index (χ0n) is 14.7. The number of pyridine rings is 1. The number of hydrogen-bond acceptors (Lipinski definition) is 1. The van der Waals surface area contributed by atoms with Crippen molar-refractivity contribution in [3.63, 3.8) is 0 Å². The zero-order valence-corrected chi connectivity index (χ0v) is 14.7. The topological polar surface area (TPSA) is 13.1 Å². The van der Waals surface area contributed by atoms with Gasteiger partial charge < -0.3 is 4.74 Å². The highest BCUT2D eigenvalue weighted by atomic mass is 16.5. The van der Waals surface area contributed by atoms with Crippen LogP contribution in [0.25, 0.3) is 27.9 Å². The molecule has 1 heterocycles. The molecule has 0 saturated heterocycles. The minimum absolute atomic E-state index is 0.872. The second kappa shape index (κ2) is 7.24. The molecular formula is C24H20NO+. The summed E-state index contributed by atoms with van der Waals surface area (Å²) in [4.78, 5) is 0. The van der Waals surface area contributed by atoms with Crippen LogP contribution >= 0.6 is 0 Å². The lowest BCUT2D eigenvalue weighted by Crippen LogP contribution is -2.30. The summed E-state index contributed by atoms with van der Waals surface area (Å²) in [7, 11) is 1.69. The largest absolute Gasteiger partial charge is 0.497 e. The molecule has 4 aromatic rings.